The highest BCUT2D eigenvalue weighted by atomic mass is 15.3. The van der Waals surface area contributed by atoms with Crippen molar-refractivity contribution < 1.29 is 0 Å². The van der Waals surface area contributed by atoms with Gasteiger partial charge in [-0.1, -0.05) is 6.07 Å². The molecule has 3 aromatic heterocycles. The van der Waals surface area contributed by atoms with Gasteiger partial charge in [-0.05, 0) is 36.7 Å². The molecule has 6 nitrogen and oxygen atoms in total. The molecule has 0 aliphatic carbocycles. The normalized spacial score (nSPS) is 21.9. The Morgan fingerprint density at radius 1 is 1.04 bits per heavy atom. The van der Waals surface area contributed by atoms with Crippen molar-refractivity contribution in [2.75, 3.05) is 24.5 Å². The van der Waals surface area contributed by atoms with Crippen molar-refractivity contribution in [3.05, 3.63) is 72.1 Å². The molecule has 6 heteroatoms. The number of nitrogens with zero attached hydrogens (tertiary/aromatic N) is 6. The Balaban J connectivity index is 1.38. The summed E-state index contributed by atoms with van der Waals surface area (Å²) in [5.74, 6) is 0. The topological polar surface area (TPSA) is 50.1 Å². The van der Waals surface area contributed by atoms with Crippen molar-refractivity contribution >= 4 is 5.69 Å². The van der Waals surface area contributed by atoms with Crippen molar-refractivity contribution in [2.24, 2.45) is 7.05 Å². The molecule has 3 aromatic rings. The van der Waals surface area contributed by atoms with E-state index in [4.69, 9.17) is 4.98 Å². The summed E-state index contributed by atoms with van der Waals surface area (Å²) in [4.78, 5) is 14.1. The lowest BCUT2D eigenvalue weighted by Gasteiger charge is -2.26. The van der Waals surface area contributed by atoms with Crippen LogP contribution in [0.15, 0.2) is 55.2 Å². The van der Waals surface area contributed by atoms with Crippen molar-refractivity contribution in [2.45, 2.75) is 24.9 Å². The maximum Gasteiger partial charge on any atom is 0.0729 e. The molecule has 0 radical (unpaired) electrons. The number of hydrogen-bond donors (Lipinski definition) is 0. The van der Waals surface area contributed by atoms with Gasteiger partial charge in [0.05, 0.1) is 17.6 Å². The molecule has 2 aliphatic heterocycles. The van der Waals surface area contributed by atoms with Crippen LogP contribution in [-0.4, -0.2) is 44.3 Å². The molecule has 1 atom stereocenters. The maximum atomic E-state index is 4.83. The molecular formula is C21H24N6. The Kier molecular flexibility index (Phi) is 3.93. The van der Waals surface area contributed by atoms with Gasteiger partial charge in [-0.25, -0.2) is 0 Å². The van der Waals surface area contributed by atoms with Gasteiger partial charge in [-0.2, -0.15) is 5.10 Å². The second kappa shape index (κ2) is 6.46. The van der Waals surface area contributed by atoms with Gasteiger partial charge < -0.3 is 4.90 Å². The minimum atomic E-state index is 0.126. The average Bonchev–Trinajstić information content (AvgIpc) is 3.36. The highest BCUT2D eigenvalue weighted by Gasteiger charge is 2.48. The Labute approximate surface area is 159 Å². The molecule has 5 heterocycles. The number of pyridine rings is 2. The molecule has 5 rings (SSSR count). The van der Waals surface area contributed by atoms with Crippen LogP contribution in [0.1, 0.15) is 23.2 Å². The lowest BCUT2D eigenvalue weighted by Crippen LogP contribution is -2.36. The third kappa shape index (κ3) is 3.00. The summed E-state index contributed by atoms with van der Waals surface area (Å²) >= 11 is 0. The third-order valence-corrected chi connectivity index (χ3v) is 5.82. The van der Waals surface area contributed by atoms with Gasteiger partial charge >= 0.3 is 0 Å². The van der Waals surface area contributed by atoms with Gasteiger partial charge in [0.1, 0.15) is 0 Å². The van der Waals surface area contributed by atoms with Crippen LogP contribution in [0.5, 0.6) is 0 Å². The van der Waals surface area contributed by atoms with E-state index in [0.29, 0.717) is 0 Å². The first kappa shape index (κ1) is 16.4. The van der Waals surface area contributed by atoms with Crippen LogP contribution in [0.2, 0.25) is 0 Å². The first-order chi connectivity index (χ1) is 13.2. The van der Waals surface area contributed by atoms with E-state index in [-0.39, 0.29) is 5.41 Å². The number of aryl methyl sites for hydroxylation is 1. The standard InChI is InChI=1S/C21H24N6/c1-25-12-18(11-24-25)13-26-9-6-21(15-26)16-27(14-17-4-2-7-22-10-17)19-5-3-8-23-20(19)21/h2-5,7-8,10-12H,6,9,13-16H2,1H3/t21-/m1/s1. The second-order valence-electron chi connectivity index (χ2n) is 7.85. The van der Waals surface area contributed by atoms with Crippen LogP contribution in [-0.2, 0) is 25.6 Å². The van der Waals surface area contributed by atoms with Crippen molar-refractivity contribution in [3.63, 3.8) is 0 Å². The fourth-order valence-corrected chi connectivity index (χ4v) is 4.67. The summed E-state index contributed by atoms with van der Waals surface area (Å²) in [7, 11) is 1.97. The number of fused-ring (bicyclic) bond motifs is 2. The van der Waals surface area contributed by atoms with E-state index in [1.54, 1.807) is 0 Å². The number of likely N-dealkylation sites (tertiary alicyclic amines) is 1. The van der Waals surface area contributed by atoms with Gasteiger partial charge in [0.25, 0.3) is 0 Å². The zero-order chi connectivity index (χ0) is 18.3. The van der Waals surface area contributed by atoms with Crippen molar-refractivity contribution in [3.8, 4) is 0 Å². The Hall–Kier alpha value is -2.73. The number of anilines is 1. The third-order valence-electron chi connectivity index (χ3n) is 5.82. The minimum absolute atomic E-state index is 0.126. The molecule has 1 fully saturated rings. The van der Waals surface area contributed by atoms with E-state index in [2.05, 4.69) is 44.3 Å². The molecule has 1 saturated heterocycles. The van der Waals surface area contributed by atoms with Crippen LogP contribution < -0.4 is 4.90 Å². The first-order valence-corrected chi connectivity index (χ1v) is 9.51. The number of aromatic nitrogens is 4. The molecule has 0 unspecified atom stereocenters. The van der Waals surface area contributed by atoms with Crippen LogP contribution >= 0.6 is 0 Å². The molecule has 0 aromatic carbocycles. The van der Waals surface area contributed by atoms with Crippen LogP contribution in [0, 0.1) is 0 Å². The van der Waals surface area contributed by atoms with Crippen molar-refractivity contribution in [1.29, 1.82) is 0 Å². The fraction of sp³-hybridized carbons (Fsp3) is 0.381. The summed E-state index contributed by atoms with van der Waals surface area (Å²) in [6, 6.07) is 8.43. The second-order valence-corrected chi connectivity index (χ2v) is 7.85. The van der Waals surface area contributed by atoms with Crippen LogP contribution in [0.4, 0.5) is 5.69 Å². The molecule has 0 amide bonds. The summed E-state index contributed by atoms with van der Waals surface area (Å²) < 4.78 is 1.88. The van der Waals surface area contributed by atoms with Gasteiger partial charge in [0, 0.05) is 69.0 Å². The largest absolute Gasteiger partial charge is 0.365 e. The van der Waals surface area contributed by atoms with Gasteiger partial charge in [-0.15, -0.1) is 0 Å². The van der Waals surface area contributed by atoms with E-state index in [0.717, 1.165) is 39.1 Å². The summed E-state index contributed by atoms with van der Waals surface area (Å²) in [5, 5.41) is 4.31. The SMILES string of the molecule is Cn1cc(CN2CC[C@@]3(C2)CN(Cc2cccnc2)c2cccnc23)cn1. The quantitative estimate of drug-likeness (QED) is 0.715. The molecule has 27 heavy (non-hydrogen) atoms. The molecule has 138 valence electrons. The monoisotopic (exact) mass is 360 g/mol. The lowest BCUT2D eigenvalue weighted by molar-refractivity contribution is 0.305. The fourth-order valence-electron chi connectivity index (χ4n) is 4.67. The zero-order valence-corrected chi connectivity index (χ0v) is 15.6. The molecule has 1 spiro atoms. The maximum absolute atomic E-state index is 4.83. The summed E-state index contributed by atoms with van der Waals surface area (Å²) in [6.07, 6.45) is 11.0. The van der Waals surface area contributed by atoms with E-state index >= 15 is 0 Å². The molecule has 0 N–H and O–H groups in total. The van der Waals surface area contributed by atoms with E-state index in [9.17, 15) is 0 Å². The predicted octanol–water partition coefficient (Wildman–Crippen LogP) is 2.37. The smallest absolute Gasteiger partial charge is 0.0729 e. The Bertz CT molecular complexity index is 937. The Morgan fingerprint density at radius 2 is 1.96 bits per heavy atom. The molecule has 2 aliphatic rings. The number of rotatable bonds is 4. The average molecular weight is 360 g/mol. The van der Waals surface area contributed by atoms with E-state index in [1.165, 1.54) is 22.5 Å². The van der Waals surface area contributed by atoms with Gasteiger partial charge in [0.15, 0.2) is 0 Å². The molecule has 0 bridgehead atoms. The lowest BCUT2D eigenvalue weighted by atomic mass is 9.85. The highest BCUT2D eigenvalue weighted by molar-refractivity contribution is 5.60. The summed E-state index contributed by atoms with van der Waals surface area (Å²) in [6.45, 7) is 5.02. The molecule has 0 saturated carbocycles. The van der Waals surface area contributed by atoms with Gasteiger partial charge in [0.2, 0.25) is 0 Å². The van der Waals surface area contributed by atoms with E-state index < -0.39 is 0 Å². The van der Waals surface area contributed by atoms with Gasteiger partial charge in [-0.3, -0.25) is 19.5 Å². The zero-order valence-electron chi connectivity index (χ0n) is 15.6. The predicted molar refractivity (Wildman–Crippen MR) is 104 cm³/mol. The highest BCUT2D eigenvalue weighted by Crippen LogP contribution is 2.45. The Morgan fingerprint density at radius 3 is 2.78 bits per heavy atom. The van der Waals surface area contributed by atoms with E-state index in [1.807, 2.05) is 42.6 Å². The summed E-state index contributed by atoms with van der Waals surface area (Å²) in [5.41, 5.74) is 5.20. The van der Waals surface area contributed by atoms with Crippen LogP contribution in [0.3, 0.4) is 0 Å². The van der Waals surface area contributed by atoms with Crippen molar-refractivity contribution in [1.82, 2.24) is 24.6 Å². The van der Waals surface area contributed by atoms with Crippen LogP contribution in [0.25, 0.3) is 0 Å². The first-order valence-electron chi connectivity index (χ1n) is 9.51. The molecular weight excluding hydrogens is 336 g/mol. The minimum Gasteiger partial charge on any atom is -0.365 e. The number of hydrogen-bond acceptors (Lipinski definition) is 5.